The van der Waals surface area contributed by atoms with E-state index >= 15 is 0 Å². The van der Waals surface area contributed by atoms with E-state index in [9.17, 15) is 9.18 Å². The Balaban J connectivity index is 2.04. The number of halogens is 1. The average molecular weight is 289 g/mol. The third kappa shape index (κ3) is 2.67. The first-order valence-corrected chi connectivity index (χ1v) is 6.84. The number of anilines is 1. The van der Waals surface area contributed by atoms with Gasteiger partial charge in [-0.05, 0) is 19.1 Å². The Bertz CT molecular complexity index is 701. The topological polar surface area (TPSA) is 58.2 Å². The molecule has 2 aromatic heterocycles. The fourth-order valence-electron chi connectivity index (χ4n) is 2.53. The van der Waals surface area contributed by atoms with Crippen molar-refractivity contribution in [2.24, 2.45) is 0 Å². The summed E-state index contributed by atoms with van der Waals surface area (Å²) in [5, 5.41) is 0. The zero-order valence-corrected chi connectivity index (χ0v) is 11.7. The molecule has 2 aromatic rings. The molecule has 3 heterocycles. The van der Waals surface area contributed by atoms with Crippen LogP contribution in [0.25, 0.3) is 11.1 Å². The minimum atomic E-state index is -0.412. The molecule has 1 N–H and O–H groups in total. The van der Waals surface area contributed by atoms with Gasteiger partial charge in [0, 0.05) is 36.1 Å². The van der Waals surface area contributed by atoms with Crippen LogP contribution in [-0.4, -0.2) is 35.8 Å². The molecule has 0 bridgehead atoms. The van der Waals surface area contributed by atoms with E-state index in [-0.39, 0.29) is 11.6 Å². The van der Waals surface area contributed by atoms with Gasteiger partial charge in [-0.15, -0.1) is 0 Å². The highest BCUT2D eigenvalue weighted by Crippen LogP contribution is 2.24. The standard InChI is InChI=1S/C15H16FN3O2/c1-10-9-21-5-4-19(10)14-6-11(7-18-15(14)20)12-2-3-17-8-13(12)16/h2-3,6-8,10H,4-5,9H2,1H3,(H,18,20). The number of aromatic amines is 1. The van der Waals surface area contributed by atoms with Crippen LogP contribution in [0.2, 0.25) is 0 Å². The van der Waals surface area contributed by atoms with Gasteiger partial charge in [0.25, 0.3) is 5.56 Å². The van der Waals surface area contributed by atoms with Crippen molar-refractivity contribution in [3.63, 3.8) is 0 Å². The van der Waals surface area contributed by atoms with Crippen LogP contribution in [0.4, 0.5) is 10.1 Å². The Morgan fingerprint density at radius 3 is 3.14 bits per heavy atom. The van der Waals surface area contributed by atoms with Crippen LogP contribution < -0.4 is 10.5 Å². The Labute approximate surface area is 121 Å². The number of rotatable bonds is 2. The summed E-state index contributed by atoms with van der Waals surface area (Å²) in [6.45, 7) is 3.80. The van der Waals surface area contributed by atoms with Crippen molar-refractivity contribution in [3.8, 4) is 11.1 Å². The molecule has 1 aliphatic rings. The Morgan fingerprint density at radius 2 is 2.38 bits per heavy atom. The molecule has 21 heavy (non-hydrogen) atoms. The maximum Gasteiger partial charge on any atom is 0.271 e. The molecule has 0 aliphatic carbocycles. The zero-order chi connectivity index (χ0) is 14.8. The molecule has 1 fully saturated rings. The maximum absolute atomic E-state index is 13.8. The van der Waals surface area contributed by atoms with Gasteiger partial charge in [0.2, 0.25) is 0 Å². The number of pyridine rings is 2. The summed E-state index contributed by atoms with van der Waals surface area (Å²) in [6, 6.07) is 3.42. The summed E-state index contributed by atoms with van der Waals surface area (Å²) < 4.78 is 19.2. The molecule has 5 nitrogen and oxygen atoms in total. The number of ether oxygens (including phenoxy) is 1. The van der Waals surface area contributed by atoms with Crippen molar-refractivity contribution in [2.75, 3.05) is 24.7 Å². The van der Waals surface area contributed by atoms with Crippen LogP contribution in [0.1, 0.15) is 6.92 Å². The number of aromatic nitrogens is 2. The molecule has 6 heteroatoms. The Hall–Kier alpha value is -2.21. The van der Waals surface area contributed by atoms with E-state index in [0.717, 1.165) is 6.20 Å². The monoisotopic (exact) mass is 289 g/mol. The van der Waals surface area contributed by atoms with Crippen LogP contribution in [-0.2, 0) is 4.74 Å². The van der Waals surface area contributed by atoms with Gasteiger partial charge < -0.3 is 14.6 Å². The molecule has 1 saturated heterocycles. The van der Waals surface area contributed by atoms with E-state index in [2.05, 4.69) is 9.97 Å². The SMILES string of the molecule is CC1COCCN1c1cc(-c2ccncc2F)c[nH]c1=O. The molecule has 3 rings (SSSR count). The summed E-state index contributed by atoms with van der Waals surface area (Å²) in [4.78, 5) is 20.5. The second-order valence-electron chi connectivity index (χ2n) is 5.08. The van der Waals surface area contributed by atoms with Crippen molar-refractivity contribution in [1.82, 2.24) is 9.97 Å². The fraction of sp³-hybridized carbons (Fsp3) is 0.333. The number of hydrogen-bond acceptors (Lipinski definition) is 4. The van der Waals surface area contributed by atoms with Gasteiger partial charge in [-0.3, -0.25) is 9.78 Å². The second-order valence-corrected chi connectivity index (χ2v) is 5.08. The van der Waals surface area contributed by atoms with Gasteiger partial charge in [-0.1, -0.05) is 0 Å². The molecule has 110 valence electrons. The van der Waals surface area contributed by atoms with E-state index in [1.54, 1.807) is 12.1 Å². The van der Waals surface area contributed by atoms with Gasteiger partial charge in [-0.2, -0.15) is 0 Å². The summed E-state index contributed by atoms with van der Waals surface area (Å²) in [5.74, 6) is -0.412. The first kappa shape index (κ1) is 13.8. The third-order valence-electron chi connectivity index (χ3n) is 3.64. The molecule has 0 amide bonds. The van der Waals surface area contributed by atoms with Crippen LogP contribution in [0.15, 0.2) is 35.5 Å². The van der Waals surface area contributed by atoms with E-state index in [0.29, 0.717) is 36.6 Å². The summed E-state index contributed by atoms with van der Waals surface area (Å²) in [6.07, 6.45) is 4.22. The molecule has 0 aromatic carbocycles. The largest absolute Gasteiger partial charge is 0.377 e. The van der Waals surface area contributed by atoms with Gasteiger partial charge in [0.1, 0.15) is 11.5 Å². The van der Waals surface area contributed by atoms with Crippen LogP contribution >= 0.6 is 0 Å². The second kappa shape index (κ2) is 5.65. The van der Waals surface area contributed by atoms with E-state index in [1.165, 1.54) is 12.4 Å². The van der Waals surface area contributed by atoms with Gasteiger partial charge in [0.15, 0.2) is 0 Å². The number of nitrogens with one attached hydrogen (secondary N) is 1. The molecule has 0 saturated carbocycles. The highest BCUT2D eigenvalue weighted by molar-refractivity contribution is 5.67. The van der Waals surface area contributed by atoms with Crippen LogP contribution in [0.5, 0.6) is 0 Å². The lowest BCUT2D eigenvalue weighted by Gasteiger charge is -2.34. The average Bonchev–Trinajstić information content (AvgIpc) is 2.49. The number of hydrogen-bond donors (Lipinski definition) is 1. The minimum Gasteiger partial charge on any atom is -0.377 e. The lowest BCUT2D eigenvalue weighted by molar-refractivity contribution is 0.0988. The van der Waals surface area contributed by atoms with Crippen molar-refractivity contribution in [1.29, 1.82) is 0 Å². The van der Waals surface area contributed by atoms with Gasteiger partial charge in [-0.25, -0.2) is 4.39 Å². The zero-order valence-electron chi connectivity index (χ0n) is 11.7. The lowest BCUT2D eigenvalue weighted by Crippen LogP contribution is -2.45. The highest BCUT2D eigenvalue weighted by Gasteiger charge is 2.22. The first-order valence-electron chi connectivity index (χ1n) is 6.84. The smallest absolute Gasteiger partial charge is 0.271 e. The lowest BCUT2D eigenvalue weighted by atomic mass is 10.1. The number of H-pyrrole nitrogens is 1. The maximum atomic E-state index is 13.8. The predicted molar refractivity (Wildman–Crippen MR) is 77.9 cm³/mol. The quantitative estimate of drug-likeness (QED) is 0.916. The van der Waals surface area contributed by atoms with E-state index in [4.69, 9.17) is 4.74 Å². The summed E-state index contributed by atoms with van der Waals surface area (Å²) in [7, 11) is 0. The molecule has 0 spiro atoms. The minimum absolute atomic E-state index is 0.109. The van der Waals surface area contributed by atoms with Crippen LogP contribution in [0.3, 0.4) is 0 Å². The van der Waals surface area contributed by atoms with E-state index in [1.807, 2.05) is 11.8 Å². The third-order valence-corrected chi connectivity index (χ3v) is 3.64. The molecular weight excluding hydrogens is 273 g/mol. The number of nitrogens with zero attached hydrogens (tertiary/aromatic N) is 2. The molecule has 1 atom stereocenters. The summed E-state index contributed by atoms with van der Waals surface area (Å²) in [5.41, 5.74) is 1.41. The normalized spacial score (nSPS) is 18.8. The van der Waals surface area contributed by atoms with E-state index < -0.39 is 5.82 Å². The molecular formula is C15H16FN3O2. The van der Waals surface area contributed by atoms with Gasteiger partial charge >= 0.3 is 0 Å². The number of morpholine rings is 1. The fourth-order valence-corrected chi connectivity index (χ4v) is 2.53. The summed E-state index contributed by atoms with van der Waals surface area (Å²) >= 11 is 0. The van der Waals surface area contributed by atoms with Crippen molar-refractivity contribution < 1.29 is 9.13 Å². The van der Waals surface area contributed by atoms with Crippen molar-refractivity contribution in [2.45, 2.75) is 13.0 Å². The van der Waals surface area contributed by atoms with Gasteiger partial charge in [0.05, 0.1) is 19.4 Å². The molecule has 0 radical (unpaired) electrons. The Kier molecular flexibility index (Phi) is 3.70. The molecule has 1 unspecified atom stereocenters. The predicted octanol–water partition coefficient (Wildman–Crippen LogP) is 1.80. The van der Waals surface area contributed by atoms with Crippen LogP contribution in [0, 0.1) is 5.82 Å². The van der Waals surface area contributed by atoms with Crippen molar-refractivity contribution >= 4 is 5.69 Å². The highest BCUT2D eigenvalue weighted by atomic mass is 19.1. The van der Waals surface area contributed by atoms with Crippen molar-refractivity contribution in [3.05, 3.63) is 46.9 Å². The first-order chi connectivity index (χ1) is 10.2. The Morgan fingerprint density at radius 1 is 1.52 bits per heavy atom. The molecule has 1 aliphatic heterocycles.